The number of amides is 1. The maximum atomic E-state index is 13.4. The molecular weight excluding hydrogens is 398 g/mol. The van der Waals surface area contributed by atoms with Crippen LogP contribution in [0.2, 0.25) is 5.02 Å². The number of aromatic nitrogens is 1. The summed E-state index contributed by atoms with van der Waals surface area (Å²) in [6.45, 7) is 3.41. The molecule has 4 nitrogen and oxygen atoms in total. The summed E-state index contributed by atoms with van der Waals surface area (Å²) in [5.41, 5.74) is 2.54. The van der Waals surface area contributed by atoms with E-state index in [4.69, 9.17) is 16.6 Å². The van der Waals surface area contributed by atoms with Crippen LogP contribution in [0.5, 0.6) is 0 Å². The van der Waals surface area contributed by atoms with Crippen LogP contribution in [0.4, 0.5) is 5.13 Å². The molecule has 0 aliphatic heterocycles. The van der Waals surface area contributed by atoms with Crippen LogP contribution in [0.1, 0.15) is 15.9 Å². The molecule has 0 spiro atoms. The molecule has 27 heavy (non-hydrogen) atoms. The number of nitrogens with one attached hydrogen (secondary N) is 1. The first-order chi connectivity index (χ1) is 12.9. The summed E-state index contributed by atoms with van der Waals surface area (Å²) in [6.07, 6.45) is 1.99. The van der Waals surface area contributed by atoms with Gasteiger partial charge in [0.25, 0.3) is 5.91 Å². The number of benzene rings is 2. The second-order valence-electron chi connectivity index (χ2n) is 6.63. The predicted molar refractivity (Wildman–Crippen MR) is 117 cm³/mol. The molecule has 1 amide bonds. The van der Waals surface area contributed by atoms with Crippen LogP contribution in [-0.2, 0) is 0 Å². The van der Waals surface area contributed by atoms with Crippen LogP contribution in [0.15, 0.2) is 41.3 Å². The van der Waals surface area contributed by atoms with Gasteiger partial charge >= 0.3 is 0 Å². The number of quaternary nitrogens is 1. The van der Waals surface area contributed by atoms with Crippen molar-refractivity contribution in [1.29, 1.82) is 0 Å². The molecule has 1 N–H and O–H groups in total. The van der Waals surface area contributed by atoms with Gasteiger partial charge in [0.05, 0.1) is 43.0 Å². The Balaban J connectivity index is 2.06. The number of likely N-dealkylation sites (N-methyl/N-ethyl adjacent to an activating group) is 1. The molecule has 0 saturated carbocycles. The minimum Gasteiger partial charge on any atom is -0.338 e. The van der Waals surface area contributed by atoms with Crippen LogP contribution in [0.25, 0.3) is 10.2 Å². The van der Waals surface area contributed by atoms with E-state index in [1.807, 2.05) is 49.6 Å². The van der Waals surface area contributed by atoms with Gasteiger partial charge in [-0.05, 0) is 43.0 Å². The number of thioether (sulfide) groups is 1. The number of anilines is 1. The third-order valence-corrected chi connectivity index (χ3v) is 6.63. The summed E-state index contributed by atoms with van der Waals surface area (Å²) in [6, 6.07) is 11.6. The van der Waals surface area contributed by atoms with Gasteiger partial charge in [0.15, 0.2) is 5.13 Å². The van der Waals surface area contributed by atoms with E-state index in [1.54, 1.807) is 16.7 Å². The molecule has 7 heteroatoms. The van der Waals surface area contributed by atoms with E-state index in [-0.39, 0.29) is 5.91 Å². The summed E-state index contributed by atoms with van der Waals surface area (Å²) < 4.78 is 1.04. The molecule has 3 aromatic rings. The molecule has 0 atom stereocenters. The van der Waals surface area contributed by atoms with Gasteiger partial charge in [-0.2, -0.15) is 0 Å². The minimum absolute atomic E-state index is 0.0102. The average molecular weight is 421 g/mol. The fourth-order valence-corrected chi connectivity index (χ4v) is 4.58. The lowest BCUT2D eigenvalue weighted by atomic mass is 10.2. The van der Waals surface area contributed by atoms with E-state index in [0.29, 0.717) is 17.1 Å². The summed E-state index contributed by atoms with van der Waals surface area (Å²) in [5, 5.41) is 1.42. The van der Waals surface area contributed by atoms with Crippen LogP contribution in [0.3, 0.4) is 0 Å². The fourth-order valence-electron chi connectivity index (χ4n) is 2.79. The number of halogens is 1. The van der Waals surface area contributed by atoms with Crippen LogP contribution < -0.4 is 9.80 Å². The Morgan fingerprint density at radius 3 is 2.70 bits per heavy atom. The quantitative estimate of drug-likeness (QED) is 0.617. The topological polar surface area (TPSA) is 37.6 Å². The molecule has 142 valence electrons. The van der Waals surface area contributed by atoms with E-state index in [9.17, 15) is 4.79 Å². The lowest BCUT2D eigenvalue weighted by Gasteiger charge is -2.21. The van der Waals surface area contributed by atoms with Gasteiger partial charge in [0.1, 0.15) is 0 Å². The Labute approximate surface area is 173 Å². The molecule has 3 rings (SSSR count). The molecule has 1 heterocycles. The summed E-state index contributed by atoms with van der Waals surface area (Å²) >= 11 is 9.37. The van der Waals surface area contributed by atoms with Gasteiger partial charge in [-0.3, -0.25) is 9.69 Å². The number of nitrogens with zero attached hydrogens (tertiary/aromatic N) is 2. The van der Waals surface area contributed by atoms with Gasteiger partial charge in [0, 0.05) is 9.92 Å². The molecule has 0 saturated heterocycles. The van der Waals surface area contributed by atoms with Crippen molar-refractivity contribution in [1.82, 2.24) is 4.98 Å². The number of fused-ring (bicyclic) bond motifs is 1. The van der Waals surface area contributed by atoms with Gasteiger partial charge in [-0.1, -0.05) is 35.1 Å². The van der Waals surface area contributed by atoms with E-state index in [0.717, 1.165) is 32.4 Å². The van der Waals surface area contributed by atoms with Gasteiger partial charge in [-0.15, -0.1) is 11.8 Å². The second kappa shape index (κ2) is 8.61. The lowest BCUT2D eigenvalue weighted by molar-refractivity contribution is -0.856. The molecule has 0 aliphatic carbocycles. The van der Waals surface area contributed by atoms with Crippen molar-refractivity contribution in [3.8, 4) is 0 Å². The van der Waals surface area contributed by atoms with Crippen molar-refractivity contribution in [3.05, 3.63) is 52.5 Å². The molecule has 0 aliphatic rings. The minimum atomic E-state index is -0.0102. The monoisotopic (exact) mass is 420 g/mol. The number of rotatable bonds is 6. The van der Waals surface area contributed by atoms with Crippen LogP contribution >= 0.6 is 34.7 Å². The van der Waals surface area contributed by atoms with E-state index >= 15 is 0 Å². The van der Waals surface area contributed by atoms with Crippen molar-refractivity contribution in [2.24, 2.45) is 0 Å². The number of aryl methyl sites for hydroxylation is 1. The smallest absolute Gasteiger partial charge is 0.261 e. The fraction of sp³-hybridized carbons (Fsp3) is 0.300. The zero-order valence-corrected chi connectivity index (χ0v) is 18.3. The Morgan fingerprint density at radius 1 is 1.26 bits per heavy atom. The highest BCUT2D eigenvalue weighted by atomic mass is 35.5. The van der Waals surface area contributed by atoms with Crippen molar-refractivity contribution < 1.29 is 9.69 Å². The number of hydrogen-bond donors (Lipinski definition) is 1. The summed E-state index contributed by atoms with van der Waals surface area (Å²) in [7, 11) is 4.17. The Kier molecular flexibility index (Phi) is 6.42. The summed E-state index contributed by atoms with van der Waals surface area (Å²) in [5.74, 6) is -0.0102. The number of carbonyl (C=O) groups excluding carboxylic acids is 1. The van der Waals surface area contributed by atoms with Crippen molar-refractivity contribution >= 4 is 56.0 Å². The molecular formula is C20H23ClN3OS2+. The first-order valence-electron chi connectivity index (χ1n) is 8.72. The first kappa shape index (κ1) is 20.1. The number of hydrogen-bond acceptors (Lipinski definition) is 4. The Bertz CT molecular complexity index is 971. The summed E-state index contributed by atoms with van der Waals surface area (Å²) in [4.78, 5) is 22.3. The molecule has 0 fully saturated rings. The van der Waals surface area contributed by atoms with Crippen LogP contribution in [0, 0.1) is 6.92 Å². The maximum Gasteiger partial charge on any atom is 0.261 e. The van der Waals surface area contributed by atoms with Crippen molar-refractivity contribution in [2.75, 3.05) is 38.3 Å². The third-order valence-electron chi connectivity index (χ3n) is 4.39. The Hall–Kier alpha value is -1.60. The molecule has 0 bridgehead atoms. The second-order valence-corrected chi connectivity index (χ2v) is 8.89. The Morgan fingerprint density at radius 2 is 2.00 bits per heavy atom. The highest BCUT2D eigenvalue weighted by molar-refractivity contribution is 7.98. The standard InChI is InChI=1S/C20H22ClN3OS2/c1-13-15(21)9-10-17-18(13)22-20(27-17)24(12-11-23(2)3)19(25)14-7-5-6-8-16(14)26-4/h5-10H,11-12H2,1-4H3/p+1. The van der Waals surface area contributed by atoms with Gasteiger partial charge < -0.3 is 4.90 Å². The average Bonchev–Trinajstić information content (AvgIpc) is 3.09. The molecule has 0 unspecified atom stereocenters. The predicted octanol–water partition coefficient (Wildman–Crippen LogP) is 3.77. The third kappa shape index (κ3) is 4.29. The zero-order chi connectivity index (χ0) is 19.6. The number of thiazole rings is 1. The van der Waals surface area contributed by atoms with Gasteiger partial charge in [-0.25, -0.2) is 4.98 Å². The zero-order valence-electron chi connectivity index (χ0n) is 15.9. The highest BCUT2D eigenvalue weighted by Crippen LogP contribution is 2.34. The highest BCUT2D eigenvalue weighted by Gasteiger charge is 2.24. The van der Waals surface area contributed by atoms with E-state index in [1.165, 1.54) is 16.2 Å². The molecule has 0 radical (unpaired) electrons. The normalized spacial score (nSPS) is 11.3. The maximum absolute atomic E-state index is 13.4. The van der Waals surface area contributed by atoms with Crippen molar-refractivity contribution in [2.45, 2.75) is 11.8 Å². The van der Waals surface area contributed by atoms with Gasteiger partial charge in [0.2, 0.25) is 0 Å². The van der Waals surface area contributed by atoms with E-state index < -0.39 is 0 Å². The SMILES string of the molecule is CSc1ccccc1C(=O)N(CC[NH+](C)C)c1nc2c(C)c(Cl)ccc2s1. The molecule has 2 aromatic carbocycles. The lowest BCUT2D eigenvalue weighted by Crippen LogP contribution is -3.06. The number of carbonyl (C=O) groups is 1. The first-order valence-corrected chi connectivity index (χ1v) is 11.1. The van der Waals surface area contributed by atoms with Crippen molar-refractivity contribution in [3.63, 3.8) is 0 Å². The largest absolute Gasteiger partial charge is 0.338 e. The molecule has 1 aromatic heterocycles. The van der Waals surface area contributed by atoms with E-state index in [2.05, 4.69) is 14.1 Å². The van der Waals surface area contributed by atoms with Crippen LogP contribution in [-0.4, -0.2) is 44.3 Å².